The van der Waals surface area contributed by atoms with Crippen LogP contribution in [0.2, 0.25) is 5.02 Å². The van der Waals surface area contributed by atoms with Crippen LogP contribution in [0.3, 0.4) is 0 Å². The molecule has 2 rings (SSSR count). The van der Waals surface area contributed by atoms with Crippen molar-refractivity contribution in [1.29, 1.82) is 0 Å². The van der Waals surface area contributed by atoms with E-state index in [-0.39, 0.29) is 0 Å². The summed E-state index contributed by atoms with van der Waals surface area (Å²) in [5, 5.41) is 4.08. The molecule has 0 aliphatic rings. The molecule has 0 atom stereocenters. The van der Waals surface area contributed by atoms with Gasteiger partial charge in [0.2, 0.25) is 0 Å². The van der Waals surface area contributed by atoms with Gasteiger partial charge in [-0.1, -0.05) is 54.9 Å². The predicted octanol–water partition coefficient (Wildman–Crippen LogP) is 4.34. The molecule has 0 aromatic heterocycles. The number of nitrogens with one attached hydrogen (secondary N) is 1. The van der Waals surface area contributed by atoms with Gasteiger partial charge < -0.3 is 10.1 Å². The summed E-state index contributed by atoms with van der Waals surface area (Å²) in [6, 6.07) is 14.0. The zero-order chi connectivity index (χ0) is 14.4. The molecular weight excluding hydrogens is 270 g/mol. The Morgan fingerprint density at radius 3 is 2.55 bits per heavy atom. The van der Waals surface area contributed by atoms with Crippen molar-refractivity contribution in [3.05, 3.63) is 64.2 Å². The van der Waals surface area contributed by atoms with Crippen molar-refractivity contribution in [2.45, 2.75) is 27.0 Å². The van der Waals surface area contributed by atoms with Crippen molar-refractivity contribution in [1.82, 2.24) is 5.32 Å². The number of ether oxygens (including phenoxy) is 1. The minimum Gasteiger partial charge on any atom is -0.488 e. The van der Waals surface area contributed by atoms with Gasteiger partial charge in [0.25, 0.3) is 0 Å². The van der Waals surface area contributed by atoms with Crippen LogP contribution >= 0.6 is 11.6 Å². The first kappa shape index (κ1) is 14.9. The molecule has 20 heavy (non-hydrogen) atoms. The van der Waals surface area contributed by atoms with Crippen molar-refractivity contribution < 1.29 is 4.74 Å². The largest absolute Gasteiger partial charge is 0.488 e. The Kier molecular flexibility index (Phi) is 5.45. The number of para-hydroxylation sites is 1. The third-order valence-corrected chi connectivity index (χ3v) is 3.56. The maximum atomic E-state index is 6.16. The molecule has 0 bridgehead atoms. The van der Waals surface area contributed by atoms with E-state index in [2.05, 4.69) is 37.4 Å². The molecule has 0 radical (unpaired) electrons. The molecule has 0 aliphatic heterocycles. The first-order valence-corrected chi connectivity index (χ1v) is 7.25. The molecule has 0 saturated heterocycles. The van der Waals surface area contributed by atoms with Crippen LogP contribution in [0.1, 0.15) is 23.6 Å². The van der Waals surface area contributed by atoms with Gasteiger partial charge in [0.15, 0.2) is 0 Å². The van der Waals surface area contributed by atoms with E-state index in [0.29, 0.717) is 6.61 Å². The second kappa shape index (κ2) is 7.32. The van der Waals surface area contributed by atoms with E-state index in [1.165, 1.54) is 5.56 Å². The molecule has 2 aromatic carbocycles. The molecule has 0 saturated carbocycles. The molecule has 0 amide bonds. The minimum atomic E-state index is 0.490. The number of halogens is 1. The molecule has 0 aliphatic carbocycles. The molecule has 2 nitrogen and oxygen atoms in total. The standard InChI is InChI=1S/C17H20ClNO/c1-3-19-11-14-9-6-7-13(2)17(14)20-12-15-8-4-5-10-16(15)18/h4-10,19H,3,11-12H2,1-2H3. The lowest BCUT2D eigenvalue weighted by Gasteiger charge is -2.15. The summed E-state index contributed by atoms with van der Waals surface area (Å²) < 4.78 is 6.01. The topological polar surface area (TPSA) is 21.3 Å². The number of benzene rings is 2. The number of hydrogen-bond acceptors (Lipinski definition) is 2. The molecular formula is C17H20ClNO. The van der Waals surface area contributed by atoms with Gasteiger partial charge in [0, 0.05) is 22.7 Å². The normalized spacial score (nSPS) is 10.6. The van der Waals surface area contributed by atoms with E-state index in [1.807, 2.05) is 24.3 Å². The molecule has 0 fully saturated rings. The number of aryl methyl sites for hydroxylation is 1. The molecule has 106 valence electrons. The van der Waals surface area contributed by atoms with Crippen molar-refractivity contribution in [3.8, 4) is 5.75 Å². The summed E-state index contributed by atoms with van der Waals surface area (Å²) in [5.74, 6) is 0.952. The highest BCUT2D eigenvalue weighted by Gasteiger charge is 2.08. The second-order valence-corrected chi connectivity index (χ2v) is 5.13. The van der Waals surface area contributed by atoms with Crippen LogP contribution in [0.5, 0.6) is 5.75 Å². The molecule has 0 spiro atoms. The van der Waals surface area contributed by atoms with Gasteiger partial charge in [-0.3, -0.25) is 0 Å². The highest BCUT2D eigenvalue weighted by Crippen LogP contribution is 2.25. The van der Waals surface area contributed by atoms with Gasteiger partial charge >= 0.3 is 0 Å². The lowest BCUT2D eigenvalue weighted by Crippen LogP contribution is -2.13. The van der Waals surface area contributed by atoms with Crippen LogP contribution in [0, 0.1) is 6.92 Å². The van der Waals surface area contributed by atoms with Crippen molar-refractivity contribution in [2.75, 3.05) is 6.54 Å². The summed E-state index contributed by atoms with van der Waals surface area (Å²) in [4.78, 5) is 0. The van der Waals surface area contributed by atoms with E-state index in [4.69, 9.17) is 16.3 Å². The van der Waals surface area contributed by atoms with Crippen LogP contribution in [0.25, 0.3) is 0 Å². The lowest BCUT2D eigenvalue weighted by atomic mass is 10.1. The van der Waals surface area contributed by atoms with Gasteiger partial charge in [0.05, 0.1) is 0 Å². The smallest absolute Gasteiger partial charge is 0.127 e. The zero-order valence-corrected chi connectivity index (χ0v) is 12.7. The fourth-order valence-electron chi connectivity index (χ4n) is 2.08. The summed E-state index contributed by atoms with van der Waals surface area (Å²) in [6.45, 7) is 6.41. The lowest BCUT2D eigenvalue weighted by molar-refractivity contribution is 0.300. The van der Waals surface area contributed by atoms with E-state index in [0.717, 1.165) is 35.0 Å². The Hall–Kier alpha value is -1.51. The van der Waals surface area contributed by atoms with Crippen molar-refractivity contribution in [3.63, 3.8) is 0 Å². The SMILES string of the molecule is CCNCc1cccc(C)c1OCc1ccccc1Cl. The summed E-state index contributed by atoms with van der Waals surface area (Å²) >= 11 is 6.16. The van der Waals surface area contributed by atoms with Gasteiger partial charge in [0.1, 0.15) is 12.4 Å². The Balaban J connectivity index is 2.14. The fourth-order valence-corrected chi connectivity index (χ4v) is 2.27. The van der Waals surface area contributed by atoms with Crippen LogP contribution in [-0.2, 0) is 13.2 Å². The highest BCUT2D eigenvalue weighted by atomic mass is 35.5. The van der Waals surface area contributed by atoms with Crippen LogP contribution < -0.4 is 10.1 Å². The highest BCUT2D eigenvalue weighted by molar-refractivity contribution is 6.31. The summed E-state index contributed by atoms with van der Waals surface area (Å²) in [5.41, 5.74) is 3.33. The van der Waals surface area contributed by atoms with E-state index >= 15 is 0 Å². The Morgan fingerprint density at radius 1 is 1.05 bits per heavy atom. The molecule has 0 heterocycles. The number of hydrogen-bond donors (Lipinski definition) is 1. The van der Waals surface area contributed by atoms with Gasteiger partial charge in [-0.2, -0.15) is 0 Å². The summed E-state index contributed by atoms with van der Waals surface area (Å²) in [6.07, 6.45) is 0. The van der Waals surface area contributed by atoms with Crippen molar-refractivity contribution in [2.24, 2.45) is 0 Å². The maximum absolute atomic E-state index is 6.16. The van der Waals surface area contributed by atoms with Gasteiger partial charge in [-0.05, 0) is 25.1 Å². The van der Waals surface area contributed by atoms with Crippen LogP contribution in [0.4, 0.5) is 0 Å². The zero-order valence-electron chi connectivity index (χ0n) is 11.9. The molecule has 3 heteroatoms. The van der Waals surface area contributed by atoms with Crippen LogP contribution in [0.15, 0.2) is 42.5 Å². The Morgan fingerprint density at radius 2 is 1.80 bits per heavy atom. The summed E-state index contributed by atoms with van der Waals surface area (Å²) in [7, 11) is 0. The maximum Gasteiger partial charge on any atom is 0.127 e. The van der Waals surface area contributed by atoms with E-state index < -0.39 is 0 Å². The average molecular weight is 290 g/mol. The minimum absolute atomic E-state index is 0.490. The molecule has 0 unspecified atom stereocenters. The monoisotopic (exact) mass is 289 g/mol. The average Bonchev–Trinajstić information content (AvgIpc) is 2.45. The first-order chi connectivity index (χ1) is 9.72. The first-order valence-electron chi connectivity index (χ1n) is 6.87. The van der Waals surface area contributed by atoms with Crippen molar-refractivity contribution >= 4 is 11.6 Å². The van der Waals surface area contributed by atoms with Gasteiger partial charge in [-0.15, -0.1) is 0 Å². The van der Waals surface area contributed by atoms with E-state index in [1.54, 1.807) is 0 Å². The van der Waals surface area contributed by atoms with E-state index in [9.17, 15) is 0 Å². The Bertz CT molecular complexity index is 569. The third kappa shape index (κ3) is 3.75. The van der Waals surface area contributed by atoms with Crippen LogP contribution in [-0.4, -0.2) is 6.54 Å². The number of rotatable bonds is 6. The second-order valence-electron chi connectivity index (χ2n) is 4.72. The fraction of sp³-hybridized carbons (Fsp3) is 0.294. The quantitative estimate of drug-likeness (QED) is 0.854. The molecule has 2 aromatic rings. The molecule has 1 N–H and O–H groups in total. The Labute approximate surface area is 125 Å². The predicted molar refractivity (Wildman–Crippen MR) is 84.3 cm³/mol. The van der Waals surface area contributed by atoms with Gasteiger partial charge in [-0.25, -0.2) is 0 Å². The third-order valence-electron chi connectivity index (χ3n) is 3.19.